The molecule has 0 saturated heterocycles. The Morgan fingerprint density at radius 2 is 2.27 bits per heavy atom. The molecular weight excluding hydrogens is 160 g/mol. The molecule has 1 rings (SSSR count). The molecule has 1 aromatic rings. The molecule has 2 nitrogen and oxygen atoms in total. The number of nitrogens with two attached hydrogens (primary N) is 1. The lowest BCUT2D eigenvalue weighted by Crippen LogP contribution is -1.97. The third-order valence-electron chi connectivity index (χ3n) is 1.36. The fourth-order valence-electron chi connectivity index (χ4n) is 0.869. The second-order valence-corrected chi connectivity index (χ2v) is 2.68. The van der Waals surface area contributed by atoms with Crippen molar-refractivity contribution >= 4 is 23.0 Å². The minimum atomic E-state index is 0.709. The van der Waals surface area contributed by atoms with Gasteiger partial charge in [-0.2, -0.15) is 0 Å². The number of nitrogen functional groups attached to an aromatic ring is 1. The van der Waals surface area contributed by atoms with E-state index in [1.807, 2.05) is 13.0 Å². The van der Waals surface area contributed by atoms with Gasteiger partial charge in [0.25, 0.3) is 0 Å². The van der Waals surface area contributed by atoms with Gasteiger partial charge < -0.3 is 11.1 Å². The van der Waals surface area contributed by atoms with Crippen molar-refractivity contribution in [1.82, 2.24) is 0 Å². The van der Waals surface area contributed by atoms with Crippen molar-refractivity contribution in [3.05, 3.63) is 23.2 Å². The Bertz CT molecular complexity index is 248. The zero-order chi connectivity index (χ0) is 8.27. The van der Waals surface area contributed by atoms with Crippen molar-refractivity contribution in [2.45, 2.75) is 6.92 Å². The quantitative estimate of drug-likeness (QED) is 0.669. The number of anilines is 2. The van der Waals surface area contributed by atoms with Crippen LogP contribution in [0.5, 0.6) is 0 Å². The lowest BCUT2D eigenvalue weighted by atomic mass is 10.3. The van der Waals surface area contributed by atoms with E-state index < -0.39 is 0 Å². The summed E-state index contributed by atoms with van der Waals surface area (Å²) in [5, 5.41) is 3.81. The topological polar surface area (TPSA) is 38.0 Å². The predicted octanol–water partition coefficient (Wildman–Crippen LogP) is 2.35. The van der Waals surface area contributed by atoms with E-state index in [9.17, 15) is 0 Å². The van der Waals surface area contributed by atoms with Gasteiger partial charge in [0.2, 0.25) is 0 Å². The fourth-order valence-corrected chi connectivity index (χ4v) is 1.05. The maximum Gasteiger partial charge on any atom is 0.0639 e. The zero-order valence-electron chi connectivity index (χ0n) is 6.39. The molecule has 0 spiro atoms. The first kappa shape index (κ1) is 8.21. The Hall–Kier alpha value is -0.890. The van der Waals surface area contributed by atoms with E-state index in [0.717, 1.165) is 17.9 Å². The van der Waals surface area contributed by atoms with E-state index in [1.54, 1.807) is 12.1 Å². The van der Waals surface area contributed by atoms with Crippen LogP contribution < -0.4 is 11.1 Å². The van der Waals surface area contributed by atoms with Gasteiger partial charge in [0.1, 0.15) is 0 Å². The maximum absolute atomic E-state index is 5.86. The van der Waals surface area contributed by atoms with Gasteiger partial charge in [-0.05, 0) is 25.1 Å². The Morgan fingerprint density at radius 1 is 1.55 bits per heavy atom. The summed E-state index contributed by atoms with van der Waals surface area (Å²) in [5.74, 6) is 0. The Morgan fingerprint density at radius 3 is 2.91 bits per heavy atom. The van der Waals surface area contributed by atoms with Gasteiger partial charge in [-0.25, -0.2) is 0 Å². The van der Waals surface area contributed by atoms with Gasteiger partial charge in [-0.3, -0.25) is 0 Å². The zero-order valence-corrected chi connectivity index (χ0v) is 7.15. The second-order valence-electron chi connectivity index (χ2n) is 2.27. The molecule has 1 aromatic carbocycles. The van der Waals surface area contributed by atoms with Crippen LogP contribution >= 0.6 is 11.6 Å². The van der Waals surface area contributed by atoms with Crippen LogP contribution in [0.1, 0.15) is 6.92 Å². The maximum atomic E-state index is 5.86. The first-order valence-electron chi connectivity index (χ1n) is 3.53. The van der Waals surface area contributed by atoms with Crippen LogP contribution in [0.15, 0.2) is 18.2 Å². The van der Waals surface area contributed by atoms with Crippen molar-refractivity contribution in [2.24, 2.45) is 0 Å². The highest BCUT2D eigenvalue weighted by molar-refractivity contribution is 6.33. The SMILES string of the molecule is CCNc1cc(N)ccc1Cl. The third-order valence-corrected chi connectivity index (χ3v) is 1.69. The summed E-state index contributed by atoms with van der Waals surface area (Å²) < 4.78 is 0. The second kappa shape index (κ2) is 3.49. The summed E-state index contributed by atoms with van der Waals surface area (Å²) in [7, 11) is 0. The van der Waals surface area contributed by atoms with Crippen LogP contribution in [0.3, 0.4) is 0 Å². The molecule has 0 unspecified atom stereocenters. The monoisotopic (exact) mass is 170 g/mol. The minimum Gasteiger partial charge on any atom is -0.399 e. The highest BCUT2D eigenvalue weighted by Crippen LogP contribution is 2.23. The number of hydrogen-bond donors (Lipinski definition) is 2. The normalized spacial score (nSPS) is 9.64. The highest BCUT2D eigenvalue weighted by Gasteiger charge is 1.97. The molecule has 0 aliphatic rings. The molecule has 0 aromatic heterocycles. The highest BCUT2D eigenvalue weighted by atomic mass is 35.5. The van der Waals surface area contributed by atoms with Gasteiger partial charge >= 0.3 is 0 Å². The Balaban J connectivity index is 2.93. The summed E-state index contributed by atoms with van der Waals surface area (Å²) in [5.41, 5.74) is 7.18. The van der Waals surface area contributed by atoms with Gasteiger partial charge in [0.15, 0.2) is 0 Å². The van der Waals surface area contributed by atoms with Crippen molar-refractivity contribution in [1.29, 1.82) is 0 Å². The molecule has 60 valence electrons. The average Bonchev–Trinajstić information content (AvgIpc) is 1.98. The predicted molar refractivity (Wildman–Crippen MR) is 50.0 cm³/mol. The van der Waals surface area contributed by atoms with Crippen molar-refractivity contribution in [3.8, 4) is 0 Å². The summed E-state index contributed by atoms with van der Waals surface area (Å²) in [6.45, 7) is 2.86. The van der Waals surface area contributed by atoms with Crippen LogP contribution in [0.25, 0.3) is 0 Å². The number of nitrogens with one attached hydrogen (secondary N) is 1. The van der Waals surface area contributed by atoms with Gasteiger partial charge in [0.05, 0.1) is 10.7 Å². The van der Waals surface area contributed by atoms with Crippen molar-refractivity contribution in [3.63, 3.8) is 0 Å². The molecule has 0 fully saturated rings. The van der Waals surface area contributed by atoms with E-state index in [0.29, 0.717) is 5.02 Å². The fraction of sp³-hybridized carbons (Fsp3) is 0.250. The molecule has 3 N–H and O–H groups in total. The number of halogens is 1. The molecular formula is C8H11ClN2. The van der Waals surface area contributed by atoms with E-state index >= 15 is 0 Å². The molecule has 0 saturated carbocycles. The largest absolute Gasteiger partial charge is 0.399 e. The molecule has 0 bridgehead atoms. The van der Waals surface area contributed by atoms with Crippen molar-refractivity contribution < 1.29 is 0 Å². The summed E-state index contributed by atoms with van der Waals surface area (Å²) in [6, 6.07) is 5.39. The van der Waals surface area contributed by atoms with Crippen LogP contribution in [-0.4, -0.2) is 6.54 Å². The molecule has 0 aliphatic carbocycles. The molecule has 0 radical (unpaired) electrons. The number of hydrogen-bond acceptors (Lipinski definition) is 2. The van der Waals surface area contributed by atoms with Crippen LogP contribution in [0, 0.1) is 0 Å². The first-order chi connectivity index (χ1) is 5.24. The standard InChI is InChI=1S/C8H11ClN2/c1-2-11-8-5-6(10)3-4-7(8)9/h3-5,11H,2,10H2,1H3. The van der Waals surface area contributed by atoms with Crippen LogP contribution in [0.4, 0.5) is 11.4 Å². The lowest BCUT2D eigenvalue weighted by molar-refractivity contribution is 1.21. The van der Waals surface area contributed by atoms with E-state index in [1.165, 1.54) is 0 Å². The Kier molecular flexibility index (Phi) is 2.60. The van der Waals surface area contributed by atoms with E-state index in [-0.39, 0.29) is 0 Å². The third kappa shape index (κ3) is 2.02. The number of benzene rings is 1. The summed E-state index contributed by atoms with van der Waals surface area (Å²) >= 11 is 5.86. The molecule has 0 heterocycles. The summed E-state index contributed by atoms with van der Waals surface area (Å²) in [4.78, 5) is 0. The molecule has 0 aliphatic heterocycles. The number of rotatable bonds is 2. The molecule has 0 amide bonds. The van der Waals surface area contributed by atoms with Crippen molar-refractivity contribution in [2.75, 3.05) is 17.6 Å². The van der Waals surface area contributed by atoms with E-state index in [4.69, 9.17) is 17.3 Å². The first-order valence-corrected chi connectivity index (χ1v) is 3.90. The van der Waals surface area contributed by atoms with Crippen LogP contribution in [0.2, 0.25) is 5.02 Å². The summed E-state index contributed by atoms with van der Waals surface area (Å²) in [6.07, 6.45) is 0. The van der Waals surface area contributed by atoms with E-state index in [2.05, 4.69) is 5.32 Å². The Labute approximate surface area is 71.4 Å². The van der Waals surface area contributed by atoms with Crippen LogP contribution in [-0.2, 0) is 0 Å². The lowest BCUT2D eigenvalue weighted by Gasteiger charge is -2.05. The molecule has 11 heavy (non-hydrogen) atoms. The van der Waals surface area contributed by atoms with Gasteiger partial charge in [0, 0.05) is 12.2 Å². The molecule has 3 heteroatoms. The van der Waals surface area contributed by atoms with Gasteiger partial charge in [-0.15, -0.1) is 0 Å². The smallest absolute Gasteiger partial charge is 0.0639 e. The minimum absolute atomic E-state index is 0.709. The molecule has 0 atom stereocenters. The van der Waals surface area contributed by atoms with Gasteiger partial charge in [-0.1, -0.05) is 11.6 Å². The average molecular weight is 171 g/mol.